The van der Waals surface area contributed by atoms with E-state index in [9.17, 15) is 10.1 Å². The van der Waals surface area contributed by atoms with E-state index in [0.29, 0.717) is 18.4 Å². The van der Waals surface area contributed by atoms with E-state index in [1.165, 1.54) is 0 Å². The Balaban J connectivity index is 2.98. The lowest BCUT2D eigenvalue weighted by molar-refractivity contribution is 0.0915. The lowest BCUT2D eigenvalue weighted by Gasteiger charge is -2.25. The van der Waals surface area contributed by atoms with Crippen LogP contribution >= 0.6 is 31.9 Å². The van der Waals surface area contributed by atoms with Crippen LogP contribution in [-0.2, 0) is 0 Å². The molecule has 1 aromatic carbocycles. The number of hydrogen-bond acceptors (Lipinski definition) is 2. The van der Waals surface area contributed by atoms with Gasteiger partial charge in [-0.05, 0) is 31.0 Å². The minimum Gasteiger partial charge on any atom is -0.334 e. The third-order valence-electron chi connectivity index (χ3n) is 2.90. The minimum absolute atomic E-state index is 0.234. The molecule has 1 rings (SSSR count). The van der Waals surface area contributed by atoms with Crippen LogP contribution in [0.4, 0.5) is 0 Å². The molecule has 0 unspecified atom stereocenters. The second-order valence-electron chi connectivity index (χ2n) is 4.01. The highest BCUT2D eigenvalue weighted by molar-refractivity contribution is 9.11. The van der Waals surface area contributed by atoms with E-state index in [1.807, 2.05) is 19.9 Å². The van der Waals surface area contributed by atoms with Gasteiger partial charge in [0.2, 0.25) is 0 Å². The first-order valence-electron chi connectivity index (χ1n) is 5.66. The van der Waals surface area contributed by atoms with Crippen LogP contribution in [0.1, 0.15) is 37.0 Å². The maximum Gasteiger partial charge on any atom is 0.252 e. The summed E-state index contributed by atoms with van der Waals surface area (Å²) < 4.78 is 1.63. The van der Waals surface area contributed by atoms with Crippen molar-refractivity contribution in [2.24, 2.45) is 0 Å². The average Bonchev–Trinajstić information content (AvgIpc) is 2.35. The summed E-state index contributed by atoms with van der Waals surface area (Å²) >= 11 is 6.67. The smallest absolute Gasteiger partial charge is 0.252 e. The molecule has 1 N–H and O–H groups in total. The summed E-state index contributed by atoms with van der Waals surface area (Å²) in [6.07, 6.45) is 1.17. The van der Waals surface area contributed by atoms with E-state index in [-0.39, 0.29) is 5.91 Å². The summed E-state index contributed by atoms with van der Waals surface area (Å²) in [6, 6.07) is 7.50. The van der Waals surface area contributed by atoms with Crippen LogP contribution < -0.4 is 5.32 Å². The molecule has 0 atom stereocenters. The zero-order chi connectivity index (χ0) is 13.8. The van der Waals surface area contributed by atoms with Crippen LogP contribution in [0.15, 0.2) is 27.1 Å². The van der Waals surface area contributed by atoms with Gasteiger partial charge >= 0.3 is 0 Å². The van der Waals surface area contributed by atoms with Crippen LogP contribution in [0, 0.1) is 11.3 Å². The highest BCUT2D eigenvalue weighted by Crippen LogP contribution is 2.21. The van der Waals surface area contributed by atoms with E-state index in [4.69, 9.17) is 0 Å². The predicted molar refractivity (Wildman–Crippen MR) is 78.2 cm³/mol. The van der Waals surface area contributed by atoms with Gasteiger partial charge in [-0.2, -0.15) is 5.26 Å². The third kappa shape index (κ3) is 3.56. The van der Waals surface area contributed by atoms with Gasteiger partial charge in [0.25, 0.3) is 5.91 Å². The standard InChI is InChI=1S/C13H14Br2N2O/c1-3-13(4-2,8-16)17-12(18)9-5-10(14)7-11(15)6-9/h5-7H,3-4H2,1-2H3,(H,17,18). The highest BCUT2D eigenvalue weighted by atomic mass is 79.9. The van der Waals surface area contributed by atoms with Crippen molar-refractivity contribution in [3.8, 4) is 6.07 Å². The van der Waals surface area contributed by atoms with Crippen molar-refractivity contribution in [3.63, 3.8) is 0 Å². The van der Waals surface area contributed by atoms with Crippen LogP contribution in [-0.4, -0.2) is 11.4 Å². The fourth-order valence-electron chi connectivity index (χ4n) is 1.59. The molecule has 0 fully saturated rings. The van der Waals surface area contributed by atoms with Gasteiger partial charge in [0.05, 0.1) is 6.07 Å². The maximum atomic E-state index is 12.1. The third-order valence-corrected chi connectivity index (χ3v) is 3.81. The van der Waals surface area contributed by atoms with Gasteiger partial charge in [-0.3, -0.25) is 4.79 Å². The first-order valence-corrected chi connectivity index (χ1v) is 7.25. The van der Waals surface area contributed by atoms with Crippen LogP contribution in [0.2, 0.25) is 0 Å². The number of nitriles is 1. The number of nitrogens with one attached hydrogen (secondary N) is 1. The number of amides is 1. The Morgan fingerprint density at radius 3 is 2.17 bits per heavy atom. The molecule has 0 heterocycles. The molecule has 0 saturated heterocycles. The zero-order valence-corrected chi connectivity index (χ0v) is 13.4. The molecule has 96 valence electrons. The topological polar surface area (TPSA) is 52.9 Å². The molecule has 0 aromatic heterocycles. The molecule has 0 radical (unpaired) electrons. The molecule has 5 heteroatoms. The van der Waals surface area contributed by atoms with Crippen LogP contribution in [0.25, 0.3) is 0 Å². The van der Waals surface area contributed by atoms with Crippen molar-refractivity contribution in [2.75, 3.05) is 0 Å². The SMILES string of the molecule is CCC(C#N)(CC)NC(=O)c1cc(Br)cc(Br)c1. The van der Waals surface area contributed by atoms with Gasteiger partial charge in [0, 0.05) is 14.5 Å². The van der Waals surface area contributed by atoms with Gasteiger partial charge in [0.1, 0.15) is 5.54 Å². The fraction of sp³-hybridized carbons (Fsp3) is 0.385. The maximum absolute atomic E-state index is 12.1. The molecule has 18 heavy (non-hydrogen) atoms. The Kier molecular flexibility index (Phi) is 5.36. The molecule has 3 nitrogen and oxygen atoms in total. The molecule has 0 aliphatic heterocycles. The predicted octanol–water partition coefficient (Wildman–Crippen LogP) is 4.02. The summed E-state index contributed by atoms with van der Waals surface area (Å²) in [5.41, 5.74) is -0.260. The van der Waals surface area contributed by atoms with Crippen molar-refractivity contribution in [3.05, 3.63) is 32.7 Å². The first kappa shape index (κ1) is 15.2. The van der Waals surface area contributed by atoms with Gasteiger partial charge < -0.3 is 5.32 Å². The molecule has 1 aromatic rings. The quantitative estimate of drug-likeness (QED) is 0.866. The van der Waals surface area contributed by atoms with E-state index in [2.05, 4.69) is 43.2 Å². The first-order chi connectivity index (χ1) is 8.46. The Bertz CT molecular complexity index is 470. The van der Waals surface area contributed by atoms with E-state index >= 15 is 0 Å². The Morgan fingerprint density at radius 1 is 1.28 bits per heavy atom. The fourth-order valence-corrected chi connectivity index (χ4v) is 2.88. The number of carbonyl (C=O) groups excluding carboxylic acids is 1. The number of rotatable bonds is 4. The number of benzene rings is 1. The number of carbonyl (C=O) groups is 1. The molecular weight excluding hydrogens is 360 g/mol. The van der Waals surface area contributed by atoms with Crippen molar-refractivity contribution < 1.29 is 4.79 Å². The van der Waals surface area contributed by atoms with E-state index in [0.717, 1.165) is 8.95 Å². The Labute approximate surface area is 124 Å². The monoisotopic (exact) mass is 372 g/mol. The summed E-state index contributed by atoms with van der Waals surface area (Å²) in [5.74, 6) is -0.234. The van der Waals surface area contributed by atoms with Crippen molar-refractivity contribution >= 4 is 37.8 Å². The number of halogens is 2. The zero-order valence-electron chi connectivity index (χ0n) is 10.3. The summed E-state index contributed by atoms with van der Waals surface area (Å²) in [6.45, 7) is 3.79. The summed E-state index contributed by atoms with van der Waals surface area (Å²) in [7, 11) is 0. The molecule has 0 spiro atoms. The Morgan fingerprint density at radius 2 is 1.78 bits per heavy atom. The van der Waals surface area contributed by atoms with Gasteiger partial charge in [-0.1, -0.05) is 45.7 Å². The van der Waals surface area contributed by atoms with E-state index < -0.39 is 5.54 Å². The van der Waals surface area contributed by atoms with E-state index in [1.54, 1.807) is 12.1 Å². The molecule has 0 aliphatic rings. The normalized spacial score (nSPS) is 10.8. The lowest BCUT2D eigenvalue weighted by atomic mass is 9.94. The minimum atomic E-state index is -0.786. The largest absolute Gasteiger partial charge is 0.334 e. The Hall–Kier alpha value is -0.860. The van der Waals surface area contributed by atoms with Crippen molar-refractivity contribution in [1.82, 2.24) is 5.32 Å². The molecule has 0 saturated carbocycles. The summed E-state index contributed by atoms with van der Waals surface area (Å²) in [5, 5.41) is 12.0. The van der Waals surface area contributed by atoms with Gasteiger partial charge in [-0.15, -0.1) is 0 Å². The van der Waals surface area contributed by atoms with Crippen molar-refractivity contribution in [2.45, 2.75) is 32.2 Å². The lowest BCUT2D eigenvalue weighted by Crippen LogP contribution is -2.46. The van der Waals surface area contributed by atoms with Crippen LogP contribution in [0.3, 0.4) is 0 Å². The number of nitrogens with zero attached hydrogens (tertiary/aromatic N) is 1. The number of hydrogen-bond donors (Lipinski definition) is 1. The second kappa shape index (κ2) is 6.35. The average molecular weight is 374 g/mol. The highest BCUT2D eigenvalue weighted by Gasteiger charge is 2.28. The molecule has 1 amide bonds. The van der Waals surface area contributed by atoms with Crippen molar-refractivity contribution in [1.29, 1.82) is 5.26 Å². The van der Waals surface area contributed by atoms with Crippen LogP contribution in [0.5, 0.6) is 0 Å². The summed E-state index contributed by atoms with van der Waals surface area (Å²) in [4.78, 5) is 12.1. The molecule has 0 bridgehead atoms. The molecular formula is C13H14Br2N2O. The second-order valence-corrected chi connectivity index (χ2v) is 5.84. The van der Waals surface area contributed by atoms with Gasteiger partial charge in [0.15, 0.2) is 0 Å². The van der Waals surface area contributed by atoms with Gasteiger partial charge in [-0.25, -0.2) is 0 Å². The molecule has 0 aliphatic carbocycles.